The van der Waals surface area contributed by atoms with Crippen LogP contribution >= 0.6 is 11.6 Å². The molecule has 0 unspecified atom stereocenters. The van der Waals surface area contributed by atoms with Crippen LogP contribution in [0.1, 0.15) is 5.56 Å². The molecule has 0 aromatic heterocycles. The quantitative estimate of drug-likeness (QED) is 0.360. The molecule has 0 aliphatic rings. The summed E-state index contributed by atoms with van der Waals surface area (Å²) in [7, 11) is 0. The van der Waals surface area contributed by atoms with Gasteiger partial charge in [-0.3, -0.25) is 14.9 Å². The Kier molecular flexibility index (Phi) is 6.33. The minimum atomic E-state index is -0.569. The molecular weight excluding hydrogens is 332 g/mol. The van der Waals surface area contributed by atoms with E-state index in [4.69, 9.17) is 16.3 Å². The zero-order chi connectivity index (χ0) is 17.4. The molecule has 2 aromatic rings. The van der Waals surface area contributed by atoms with E-state index >= 15 is 0 Å². The summed E-state index contributed by atoms with van der Waals surface area (Å²) in [4.78, 5) is 21.9. The van der Waals surface area contributed by atoms with Gasteiger partial charge in [0.1, 0.15) is 17.4 Å². The summed E-state index contributed by atoms with van der Waals surface area (Å²) in [6, 6.07) is 13.6. The highest BCUT2D eigenvalue weighted by molar-refractivity contribution is 6.32. The summed E-state index contributed by atoms with van der Waals surface area (Å²) < 4.78 is 5.45. The largest absolute Gasteiger partial charge is 0.492 e. The smallest absolute Gasteiger partial charge is 0.288 e. The Morgan fingerprint density at radius 3 is 2.71 bits per heavy atom. The number of ether oxygens (including phenoxy) is 1. The van der Waals surface area contributed by atoms with Crippen LogP contribution < -0.4 is 10.1 Å². The molecule has 2 aromatic carbocycles. The van der Waals surface area contributed by atoms with Gasteiger partial charge < -0.3 is 10.1 Å². The van der Waals surface area contributed by atoms with Crippen molar-refractivity contribution in [2.24, 2.45) is 0 Å². The number of halogens is 1. The predicted octanol–water partition coefficient (Wildman–Crippen LogP) is 3.46. The van der Waals surface area contributed by atoms with Crippen molar-refractivity contribution in [2.75, 3.05) is 13.2 Å². The van der Waals surface area contributed by atoms with Gasteiger partial charge in [-0.25, -0.2) is 0 Å². The Labute approximate surface area is 143 Å². The van der Waals surface area contributed by atoms with E-state index in [2.05, 4.69) is 5.32 Å². The number of hydrogen-bond acceptors (Lipinski definition) is 4. The molecule has 0 bridgehead atoms. The number of amides is 1. The van der Waals surface area contributed by atoms with Gasteiger partial charge in [0.25, 0.3) is 5.69 Å². The number of hydrogen-bond donors (Lipinski definition) is 1. The van der Waals surface area contributed by atoms with E-state index in [1.807, 2.05) is 30.3 Å². The number of carbonyl (C=O) groups excluding carboxylic acids is 1. The maximum absolute atomic E-state index is 11.7. The summed E-state index contributed by atoms with van der Waals surface area (Å²) in [5.41, 5.74) is 0.317. The second-order valence-corrected chi connectivity index (χ2v) is 5.16. The van der Waals surface area contributed by atoms with Gasteiger partial charge in [-0.05, 0) is 29.8 Å². The first-order chi connectivity index (χ1) is 11.6. The van der Waals surface area contributed by atoms with Crippen molar-refractivity contribution in [2.45, 2.75) is 0 Å². The van der Waals surface area contributed by atoms with Gasteiger partial charge in [-0.15, -0.1) is 0 Å². The van der Waals surface area contributed by atoms with Crippen molar-refractivity contribution in [3.63, 3.8) is 0 Å². The van der Waals surface area contributed by atoms with E-state index in [0.29, 0.717) is 18.7 Å². The summed E-state index contributed by atoms with van der Waals surface area (Å²) >= 11 is 5.73. The van der Waals surface area contributed by atoms with Crippen molar-refractivity contribution < 1.29 is 14.5 Å². The highest BCUT2D eigenvalue weighted by Crippen LogP contribution is 2.25. The van der Waals surface area contributed by atoms with E-state index < -0.39 is 4.92 Å². The van der Waals surface area contributed by atoms with Crippen molar-refractivity contribution >= 4 is 29.3 Å². The minimum absolute atomic E-state index is 0.0552. The molecule has 124 valence electrons. The summed E-state index contributed by atoms with van der Waals surface area (Å²) in [6.07, 6.45) is 2.78. The van der Waals surface area contributed by atoms with Crippen LogP contribution in [0.15, 0.2) is 54.6 Å². The third-order valence-electron chi connectivity index (χ3n) is 3.01. The third kappa shape index (κ3) is 5.40. The fourth-order valence-corrected chi connectivity index (χ4v) is 2.05. The number of para-hydroxylation sites is 1. The molecule has 0 atom stereocenters. The van der Waals surface area contributed by atoms with Crippen LogP contribution in [0.25, 0.3) is 6.08 Å². The number of nitrogens with one attached hydrogen (secondary N) is 1. The fourth-order valence-electron chi connectivity index (χ4n) is 1.86. The molecule has 0 aliphatic carbocycles. The van der Waals surface area contributed by atoms with Crippen LogP contribution in [0.4, 0.5) is 5.69 Å². The molecule has 0 heterocycles. The van der Waals surface area contributed by atoms with Gasteiger partial charge in [-0.1, -0.05) is 35.9 Å². The lowest BCUT2D eigenvalue weighted by Crippen LogP contribution is -2.26. The Morgan fingerprint density at radius 1 is 1.25 bits per heavy atom. The molecule has 0 radical (unpaired) electrons. The van der Waals surface area contributed by atoms with Crippen LogP contribution in [0.3, 0.4) is 0 Å². The van der Waals surface area contributed by atoms with Crippen molar-refractivity contribution in [1.82, 2.24) is 5.32 Å². The van der Waals surface area contributed by atoms with Gasteiger partial charge in [-0.2, -0.15) is 0 Å². The van der Waals surface area contributed by atoms with Gasteiger partial charge in [0.05, 0.1) is 11.5 Å². The molecule has 7 heteroatoms. The third-order valence-corrected chi connectivity index (χ3v) is 3.33. The number of nitro groups is 1. The maximum Gasteiger partial charge on any atom is 0.288 e. The Bertz CT molecular complexity index is 748. The van der Waals surface area contributed by atoms with Gasteiger partial charge >= 0.3 is 0 Å². The number of carbonyl (C=O) groups is 1. The first-order valence-electron chi connectivity index (χ1n) is 7.14. The molecule has 0 spiro atoms. The molecule has 6 nitrogen and oxygen atoms in total. The number of nitro benzene ring substituents is 1. The number of nitrogens with zero attached hydrogens (tertiary/aromatic N) is 1. The van der Waals surface area contributed by atoms with Crippen LogP contribution in [0.5, 0.6) is 5.75 Å². The van der Waals surface area contributed by atoms with Gasteiger partial charge in [0, 0.05) is 12.1 Å². The molecule has 0 aliphatic heterocycles. The lowest BCUT2D eigenvalue weighted by atomic mass is 10.2. The molecule has 1 amide bonds. The zero-order valence-corrected chi connectivity index (χ0v) is 13.4. The van der Waals surface area contributed by atoms with Gasteiger partial charge in [0.2, 0.25) is 5.91 Å². The van der Waals surface area contributed by atoms with Gasteiger partial charge in [0.15, 0.2) is 0 Å². The van der Waals surface area contributed by atoms with Crippen molar-refractivity contribution in [3.05, 3.63) is 75.3 Å². The lowest BCUT2D eigenvalue weighted by Gasteiger charge is -2.06. The van der Waals surface area contributed by atoms with E-state index in [9.17, 15) is 14.9 Å². The Balaban J connectivity index is 1.80. The maximum atomic E-state index is 11.7. The minimum Gasteiger partial charge on any atom is -0.492 e. The second-order valence-electron chi connectivity index (χ2n) is 4.75. The molecular formula is C17H15ClN2O4. The van der Waals surface area contributed by atoms with E-state index in [-0.39, 0.29) is 16.6 Å². The normalized spacial score (nSPS) is 10.5. The first-order valence-corrected chi connectivity index (χ1v) is 7.52. The van der Waals surface area contributed by atoms with Crippen molar-refractivity contribution in [3.8, 4) is 5.75 Å². The topological polar surface area (TPSA) is 81.5 Å². The van der Waals surface area contributed by atoms with Crippen LogP contribution in [0, 0.1) is 10.1 Å². The second kappa shape index (κ2) is 8.69. The van der Waals surface area contributed by atoms with E-state index in [1.165, 1.54) is 24.3 Å². The average Bonchev–Trinajstić information content (AvgIpc) is 2.58. The fraction of sp³-hybridized carbons (Fsp3) is 0.118. The average molecular weight is 347 g/mol. The van der Waals surface area contributed by atoms with Crippen LogP contribution in [0.2, 0.25) is 5.02 Å². The monoisotopic (exact) mass is 346 g/mol. The first kappa shape index (κ1) is 17.5. The van der Waals surface area contributed by atoms with E-state index in [1.54, 1.807) is 6.07 Å². The Hall–Kier alpha value is -2.86. The SMILES string of the molecule is O=C(/C=C/c1ccc(Cl)c([N+](=O)[O-])c1)NCCOc1ccccc1. The zero-order valence-electron chi connectivity index (χ0n) is 12.6. The standard InChI is InChI=1S/C17H15ClN2O4/c18-15-8-6-13(12-16(15)20(22)23)7-9-17(21)19-10-11-24-14-4-2-1-3-5-14/h1-9,12H,10-11H2,(H,19,21)/b9-7+. The summed E-state index contributed by atoms with van der Waals surface area (Å²) in [5.74, 6) is 0.417. The lowest BCUT2D eigenvalue weighted by molar-refractivity contribution is -0.384. The molecule has 2 rings (SSSR count). The number of benzene rings is 2. The highest BCUT2D eigenvalue weighted by Gasteiger charge is 2.11. The molecule has 0 saturated heterocycles. The summed E-state index contributed by atoms with van der Waals surface area (Å²) in [5, 5.41) is 13.5. The molecule has 24 heavy (non-hydrogen) atoms. The van der Waals surface area contributed by atoms with Crippen molar-refractivity contribution in [1.29, 1.82) is 0 Å². The van der Waals surface area contributed by atoms with Crippen LogP contribution in [-0.2, 0) is 4.79 Å². The molecule has 1 N–H and O–H groups in total. The number of rotatable bonds is 7. The van der Waals surface area contributed by atoms with E-state index in [0.717, 1.165) is 5.75 Å². The predicted molar refractivity (Wildman–Crippen MR) is 92.1 cm³/mol. The summed E-state index contributed by atoms with van der Waals surface area (Å²) in [6.45, 7) is 0.689. The molecule has 0 saturated carbocycles. The Morgan fingerprint density at radius 2 is 2.00 bits per heavy atom. The van der Waals surface area contributed by atoms with Crippen LogP contribution in [-0.4, -0.2) is 24.0 Å². The highest BCUT2D eigenvalue weighted by atomic mass is 35.5. The molecule has 0 fully saturated rings.